The van der Waals surface area contributed by atoms with Gasteiger partial charge >= 0.3 is 18.4 Å². The van der Waals surface area contributed by atoms with Crippen LogP contribution < -0.4 is 0 Å². The number of methoxy groups -OCH3 is 1. The summed E-state index contributed by atoms with van der Waals surface area (Å²) in [6, 6.07) is 0. The molecule has 6 nitrogen and oxygen atoms in total. The standard InChI is InChI=1S/C9H13O6/c1-9(2,15-6-10)8(12)14-5-4-7(11)13-3/h4-5H2,1-3H3. The molecule has 0 rings (SSSR count). The molecule has 85 valence electrons. The second kappa shape index (κ2) is 6.00. The minimum Gasteiger partial charge on any atom is -0.469 e. The van der Waals surface area contributed by atoms with Crippen LogP contribution in [-0.2, 0) is 28.6 Å². The van der Waals surface area contributed by atoms with E-state index in [4.69, 9.17) is 0 Å². The molecule has 0 saturated carbocycles. The van der Waals surface area contributed by atoms with Crippen molar-refractivity contribution in [1.82, 2.24) is 0 Å². The SMILES string of the molecule is COC(=O)CCOC(=O)C(C)(C)O[C]=O. The minimum atomic E-state index is -1.39. The van der Waals surface area contributed by atoms with Gasteiger partial charge in [0.2, 0.25) is 5.60 Å². The van der Waals surface area contributed by atoms with Gasteiger partial charge in [-0.3, -0.25) is 4.79 Å². The fraction of sp³-hybridized carbons (Fsp3) is 0.667. The molecule has 0 fully saturated rings. The summed E-state index contributed by atoms with van der Waals surface area (Å²) >= 11 is 0. The number of carbonyl (C=O) groups is 2. The van der Waals surface area contributed by atoms with E-state index >= 15 is 0 Å². The molecule has 0 unspecified atom stereocenters. The van der Waals surface area contributed by atoms with Gasteiger partial charge in [0.1, 0.15) is 6.61 Å². The van der Waals surface area contributed by atoms with Crippen LogP contribution in [0.3, 0.4) is 0 Å². The molecule has 0 aliphatic heterocycles. The van der Waals surface area contributed by atoms with E-state index in [1.807, 2.05) is 0 Å². The molecule has 6 heteroatoms. The summed E-state index contributed by atoms with van der Waals surface area (Å²) in [5, 5.41) is 0. The molecule has 0 aliphatic carbocycles. The van der Waals surface area contributed by atoms with E-state index in [2.05, 4.69) is 14.2 Å². The van der Waals surface area contributed by atoms with Gasteiger partial charge in [-0.15, -0.1) is 0 Å². The molecule has 0 saturated heterocycles. The summed E-state index contributed by atoms with van der Waals surface area (Å²) in [5.74, 6) is -1.22. The van der Waals surface area contributed by atoms with Gasteiger partial charge in [-0.2, -0.15) is 0 Å². The Balaban J connectivity index is 3.93. The first-order chi connectivity index (χ1) is 6.94. The number of carbonyl (C=O) groups excluding carboxylic acids is 3. The average Bonchev–Trinajstić information content (AvgIpc) is 2.17. The normalized spacial score (nSPS) is 10.3. The van der Waals surface area contributed by atoms with Crippen molar-refractivity contribution in [3.05, 3.63) is 0 Å². The second-order valence-corrected chi connectivity index (χ2v) is 3.16. The Morgan fingerprint density at radius 1 is 1.33 bits per heavy atom. The molecule has 0 atom stereocenters. The zero-order chi connectivity index (χ0) is 11.9. The van der Waals surface area contributed by atoms with Gasteiger partial charge in [0.15, 0.2) is 0 Å². The monoisotopic (exact) mass is 217 g/mol. The molecule has 0 bridgehead atoms. The second-order valence-electron chi connectivity index (χ2n) is 3.16. The van der Waals surface area contributed by atoms with Crippen molar-refractivity contribution in [3.63, 3.8) is 0 Å². The van der Waals surface area contributed by atoms with Gasteiger partial charge in [0.05, 0.1) is 13.5 Å². The predicted molar refractivity (Wildman–Crippen MR) is 48.4 cm³/mol. The lowest BCUT2D eigenvalue weighted by atomic mass is 10.1. The molecule has 0 heterocycles. The van der Waals surface area contributed by atoms with E-state index in [0.717, 1.165) is 6.47 Å². The molecule has 0 N–H and O–H groups in total. The van der Waals surface area contributed by atoms with Gasteiger partial charge in [-0.25, -0.2) is 9.59 Å². The first-order valence-electron chi connectivity index (χ1n) is 4.23. The van der Waals surface area contributed by atoms with Crippen molar-refractivity contribution in [3.8, 4) is 0 Å². The number of esters is 2. The van der Waals surface area contributed by atoms with Crippen LogP contribution in [-0.4, -0.2) is 37.7 Å². The summed E-state index contributed by atoms with van der Waals surface area (Å²) in [6.45, 7) is 3.76. The maximum Gasteiger partial charge on any atom is 0.418 e. The quantitative estimate of drug-likeness (QED) is 0.458. The van der Waals surface area contributed by atoms with Gasteiger partial charge in [-0.05, 0) is 13.8 Å². The third kappa shape index (κ3) is 4.99. The fourth-order valence-electron chi connectivity index (χ4n) is 0.649. The third-order valence-electron chi connectivity index (χ3n) is 1.56. The van der Waals surface area contributed by atoms with Crippen LogP contribution in [0.4, 0.5) is 0 Å². The minimum absolute atomic E-state index is 0.0386. The van der Waals surface area contributed by atoms with Crippen LogP contribution in [0.25, 0.3) is 0 Å². The van der Waals surface area contributed by atoms with E-state index in [-0.39, 0.29) is 13.0 Å². The predicted octanol–water partition coefficient (Wildman–Crippen LogP) is -0.0449. The van der Waals surface area contributed by atoms with E-state index in [9.17, 15) is 14.4 Å². The van der Waals surface area contributed by atoms with Gasteiger partial charge in [-0.1, -0.05) is 0 Å². The van der Waals surface area contributed by atoms with Gasteiger partial charge in [0.25, 0.3) is 0 Å². The molecule has 0 aliphatic rings. The smallest absolute Gasteiger partial charge is 0.418 e. The van der Waals surface area contributed by atoms with Crippen molar-refractivity contribution in [2.45, 2.75) is 25.9 Å². The lowest BCUT2D eigenvalue weighted by molar-refractivity contribution is -0.161. The molecule has 0 amide bonds. The van der Waals surface area contributed by atoms with Gasteiger partial charge in [0, 0.05) is 0 Å². The van der Waals surface area contributed by atoms with Crippen LogP contribution in [0.15, 0.2) is 0 Å². The van der Waals surface area contributed by atoms with Crippen LogP contribution >= 0.6 is 0 Å². The molecule has 0 aromatic rings. The topological polar surface area (TPSA) is 78.9 Å². The van der Waals surface area contributed by atoms with Crippen LogP contribution in [0, 0.1) is 0 Å². The Labute approximate surface area is 87.5 Å². The highest BCUT2D eigenvalue weighted by atomic mass is 16.6. The largest absolute Gasteiger partial charge is 0.469 e. The maximum absolute atomic E-state index is 11.2. The highest BCUT2D eigenvalue weighted by molar-refractivity contribution is 5.80. The Morgan fingerprint density at radius 2 is 1.93 bits per heavy atom. The highest BCUT2D eigenvalue weighted by Crippen LogP contribution is 2.10. The van der Waals surface area contributed by atoms with Crippen LogP contribution in [0.5, 0.6) is 0 Å². The summed E-state index contributed by atoms with van der Waals surface area (Å²) in [7, 11) is 1.23. The summed E-state index contributed by atoms with van der Waals surface area (Å²) < 4.78 is 13.4. The van der Waals surface area contributed by atoms with E-state index < -0.39 is 17.5 Å². The molecular formula is C9H13O6. The molecule has 1 radical (unpaired) electrons. The lowest BCUT2D eigenvalue weighted by Gasteiger charge is -2.19. The van der Waals surface area contributed by atoms with Crippen LogP contribution in [0.2, 0.25) is 0 Å². The number of ether oxygens (including phenoxy) is 3. The zero-order valence-electron chi connectivity index (χ0n) is 8.86. The number of hydrogen-bond acceptors (Lipinski definition) is 6. The Kier molecular flexibility index (Phi) is 5.36. The van der Waals surface area contributed by atoms with E-state index in [1.54, 1.807) is 0 Å². The average molecular weight is 217 g/mol. The van der Waals surface area contributed by atoms with Crippen LogP contribution in [0.1, 0.15) is 20.3 Å². The summed E-state index contributed by atoms with van der Waals surface area (Å²) in [5.41, 5.74) is -1.39. The Bertz CT molecular complexity index is 245. The zero-order valence-corrected chi connectivity index (χ0v) is 8.86. The lowest BCUT2D eigenvalue weighted by Crippen LogP contribution is -2.36. The summed E-state index contributed by atoms with van der Waals surface area (Å²) in [4.78, 5) is 31.8. The van der Waals surface area contributed by atoms with E-state index in [1.165, 1.54) is 21.0 Å². The van der Waals surface area contributed by atoms with Crippen molar-refractivity contribution >= 4 is 18.4 Å². The third-order valence-corrected chi connectivity index (χ3v) is 1.56. The summed E-state index contributed by atoms with van der Waals surface area (Å²) in [6.07, 6.45) is -0.0386. The van der Waals surface area contributed by atoms with Crippen molar-refractivity contribution < 1.29 is 28.6 Å². The maximum atomic E-state index is 11.2. The number of hydrogen-bond donors (Lipinski definition) is 0. The molecule has 0 spiro atoms. The first kappa shape index (κ1) is 13.4. The first-order valence-corrected chi connectivity index (χ1v) is 4.23. The number of rotatable bonds is 6. The van der Waals surface area contributed by atoms with Gasteiger partial charge < -0.3 is 14.2 Å². The van der Waals surface area contributed by atoms with E-state index in [0.29, 0.717) is 0 Å². The molecule has 0 aromatic carbocycles. The van der Waals surface area contributed by atoms with Crippen molar-refractivity contribution in [2.75, 3.05) is 13.7 Å². The Morgan fingerprint density at radius 3 is 2.40 bits per heavy atom. The van der Waals surface area contributed by atoms with Crippen molar-refractivity contribution in [1.29, 1.82) is 0 Å². The molecule has 15 heavy (non-hydrogen) atoms. The fourth-order valence-corrected chi connectivity index (χ4v) is 0.649. The Hall–Kier alpha value is -1.59. The van der Waals surface area contributed by atoms with Crippen molar-refractivity contribution in [2.24, 2.45) is 0 Å². The molecular weight excluding hydrogens is 204 g/mol. The molecule has 0 aromatic heterocycles. The highest BCUT2D eigenvalue weighted by Gasteiger charge is 2.31.